The Kier molecular flexibility index (Phi) is 5.78. The van der Waals surface area contributed by atoms with E-state index in [0.29, 0.717) is 16.7 Å². The molecule has 2 fully saturated rings. The van der Waals surface area contributed by atoms with Crippen molar-refractivity contribution in [1.29, 1.82) is 0 Å². The molecule has 4 N–H and O–H groups in total. The van der Waals surface area contributed by atoms with Crippen molar-refractivity contribution in [2.24, 2.45) is 0 Å². The molecule has 8 heteroatoms. The molecule has 2 aromatic heterocycles. The van der Waals surface area contributed by atoms with Crippen molar-refractivity contribution in [3.63, 3.8) is 0 Å². The van der Waals surface area contributed by atoms with Gasteiger partial charge in [0.2, 0.25) is 11.9 Å². The van der Waals surface area contributed by atoms with E-state index in [9.17, 15) is 4.79 Å². The predicted molar refractivity (Wildman–Crippen MR) is 123 cm³/mol. The summed E-state index contributed by atoms with van der Waals surface area (Å²) in [5.74, 6) is 0.701. The molecule has 1 aliphatic heterocycles. The number of carbonyl (C=O) groups is 1. The zero-order valence-electron chi connectivity index (χ0n) is 17.3. The Balaban J connectivity index is 1.29. The molecule has 0 spiro atoms. The fourth-order valence-electron chi connectivity index (χ4n) is 4.74. The van der Waals surface area contributed by atoms with Gasteiger partial charge >= 0.3 is 0 Å². The van der Waals surface area contributed by atoms with Gasteiger partial charge in [0.15, 0.2) is 0 Å². The highest BCUT2D eigenvalue weighted by atomic mass is 35.5. The number of nitrogens with zero attached hydrogens (tertiary/aromatic N) is 2. The molecule has 0 radical (unpaired) electrons. The van der Waals surface area contributed by atoms with Crippen molar-refractivity contribution in [3.05, 3.63) is 41.7 Å². The molecule has 7 nitrogen and oxygen atoms in total. The van der Waals surface area contributed by atoms with Crippen LogP contribution in [0.2, 0.25) is 5.02 Å². The van der Waals surface area contributed by atoms with E-state index in [4.69, 9.17) is 16.6 Å². The lowest BCUT2D eigenvalue weighted by Gasteiger charge is -2.31. The van der Waals surface area contributed by atoms with Gasteiger partial charge in [0.1, 0.15) is 0 Å². The van der Waals surface area contributed by atoms with E-state index in [2.05, 4.69) is 32.0 Å². The van der Waals surface area contributed by atoms with E-state index < -0.39 is 0 Å². The summed E-state index contributed by atoms with van der Waals surface area (Å²) < 4.78 is 0. The van der Waals surface area contributed by atoms with Gasteiger partial charge in [-0.2, -0.15) is 0 Å². The molecule has 5 rings (SSSR count). The quantitative estimate of drug-likeness (QED) is 0.485. The topological polar surface area (TPSA) is 94.7 Å². The molecular weight excluding hydrogens is 412 g/mol. The van der Waals surface area contributed by atoms with E-state index in [-0.39, 0.29) is 24.0 Å². The van der Waals surface area contributed by atoms with Crippen LogP contribution in [0.1, 0.15) is 38.5 Å². The standard InChI is InChI=1S/C23H27ClN6O/c24-18-13-27-23(30-21(18)17-12-26-19-8-2-1-7-16(17)19)29-15-6-3-5-14(11-15)28-22(31)20-9-4-10-25-20/h1-2,7-8,12-15,20,25-26H,3-6,9-11H2,(H,28,31)(H,27,29,30)/t14-,15+,20+/m0/s1. The summed E-state index contributed by atoms with van der Waals surface area (Å²) in [7, 11) is 0. The first-order valence-electron chi connectivity index (χ1n) is 11.1. The van der Waals surface area contributed by atoms with E-state index in [1.165, 1.54) is 0 Å². The van der Waals surface area contributed by atoms with Gasteiger partial charge in [0.25, 0.3) is 0 Å². The largest absolute Gasteiger partial charge is 0.360 e. The number of benzene rings is 1. The molecule has 162 valence electrons. The third-order valence-corrected chi connectivity index (χ3v) is 6.60. The number of H-pyrrole nitrogens is 1. The van der Waals surface area contributed by atoms with Crippen molar-refractivity contribution in [1.82, 2.24) is 25.6 Å². The summed E-state index contributed by atoms with van der Waals surface area (Å²) in [6, 6.07) is 8.45. The summed E-state index contributed by atoms with van der Waals surface area (Å²) in [5.41, 5.74) is 2.72. The van der Waals surface area contributed by atoms with Crippen LogP contribution in [-0.4, -0.2) is 45.5 Å². The second-order valence-electron chi connectivity index (χ2n) is 8.50. The maximum atomic E-state index is 12.5. The maximum Gasteiger partial charge on any atom is 0.237 e. The number of hydrogen-bond donors (Lipinski definition) is 4. The van der Waals surface area contributed by atoms with Crippen molar-refractivity contribution in [2.45, 2.75) is 56.7 Å². The van der Waals surface area contributed by atoms with Gasteiger partial charge in [-0.05, 0) is 51.1 Å². The van der Waals surface area contributed by atoms with Gasteiger partial charge in [-0.3, -0.25) is 4.79 Å². The number of amides is 1. The zero-order chi connectivity index (χ0) is 21.2. The number of carbonyl (C=O) groups excluding carboxylic acids is 1. The number of aromatic nitrogens is 3. The number of halogens is 1. The fraction of sp³-hybridized carbons (Fsp3) is 0.435. The Morgan fingerprint density at radius 3 is 2.87 bits per heavy atom. The Morgan fingerprint density at radius 1 is 1.13 bits per heavy atom. The van der Waals surface area contributed by atoms with Crippen LogP contribution in [0.5, 0.6) is 0 Å². The third-order valence-electron chi connectivity index (χ3n) is 6.32. The Bertz CT molecular complexity index is 1080. The van der Waals surface area contributed by atoms with E-state index in [1.54, 1.807) is 6.20 Å². The smallest absolute Gasteiger partial charge is 0.237 e. The molecule has 3 atom stereocenters. The van der Waals surface area contributed by atoms with Crippen LogP contribution in [-0.2, 0) is 4.79 Å². The molecule has 0 unspecified atom stereocenters. The van der Waals surface area contributed by atoms with Crippen molar-refractivity contribution < 1.29 is 4.79 Å². The minimum absolute atomic E-state index is 0.0355. The highest BCUT2D eigenvalue weighted by molar-refractivity contribution is 6.33. The molecule has 1 amide bonds. The third kappa shape index (κ3) is 4.38. The van der Waals surface area contributed by atoms with Crippen molar-refractivity contribution in [3.8, 4) is 11.3 Å². The molecule has 3 aromatic rings. The van der Waals surface area contributed by atoms with Crippen molar-refractivity contribution >= 4 is 34.4 Å². The van der Waals surface area contributed by atoms with Crippen LogP contribution >= 0.6 is 11.6 Å². The van der Waals surface area contributed by atoms with Gasteiger partial charge in [-0.1, -0.05) is 29.8 Å². The SMILES string of the molecule is O=C(N[C@H]1CCC[C@@H](Nc2ncc(Cl)c(-c3c[nH]c4ccccc34)n2)C1)[C@H]1CCCN1. The van der Waals surface area contributed by atoms with E-state index in [1.807, 2.05) is 24.4 Å². The summed E-state index contributed by atoms with van der Waals surface area (Å²) in [6.45, 7) is 0.930. The Morgan fingerprint density at radius 2 is 2.00 bits per heavy atom. The molecule has 1 saturated heterocycles. The highest BCUT2D eigenvalue weighted by Gasteiger charge is 2.28. The number of anilines is 1. The number of hydrogen-bond acceptors (Lipinski definition) is 5. The molecule has 1 aliphatic carbocycles. The summed E-state index contributed by atoms with van der Waals surface area (Å²) in [5, 5.41) is 11.6. The minimum atomic E-state index is -0.0355. The zero-order valence-corrected chi connectivity index (χ0v) is 18.1. The first-order chi connectivity index (χ1) is 15.2. The average molecular weight is 439 g/mol. The highest BCUT2D eigenvalue weighted by Crippen LogP contribution is 2.32. The fourth-order valence-corrected chi connectivity index (χ4v) is 4.93. The van der Waals surface area contributed by atoms with Crippen LogP contribution in [0.25, 0.3) is 22.2 Å². The van der Waals surface area contributed by atoms with Gasteiger partial charge < -0.3 is 20.9 Å². The minimum Gasteiger partial charge on any atom is -0.360 e. The van der Waals surface area contributed by atoms with Gasteiger partial charge in [0.05, 0.1) is 23.0 Å². The molecule has 31 heavy (non-hydrogen) atoms. The maximum absolute atomic E-state index is 12.5. The van der Waals surface area contributed by atoms with Crippen LogP contribution in [0.4, 0.5) is 5.95 Å². The van der Waals surface area contributed by atoms with Crippen molar-refractivity contribution in [2.75, 3.05) is 11.9 Å². The molecular formula is C23H27ClN6O. The lowest BCUT2D eigenvalue weighted by molar-refractivity contribution is -0.123. The van der Waals surface area contributed by atoms with Crippen LogP contribution in [0.15, 0.2) is 36.7 Å². The van der Waals surface area contributed by atoms with Gasteiger partial charge in [0, 0.05) is 34.7 Å². The summed E-state index contributed by atoms with van der Waals surface area (Å²) >= 11 is 6.45. The monoisotopic (exact) mass is 438 g/mol. The second kappa shape index (κ2) is 8.85. The Hall–Kier alpha value is -2.64. The van der Waals surface area contributed by atoms with Crippen LogP contribution in [0, 0.1) is 0 Å². The molecule has 2 aliphatic rings. The molecule has 0 bridgehead atoms. The van der Waals surface area contributed by atoms with Crippen LogP contribution in [0.3, 0.4) is 0 Å². The number of fused-ring (bicyclic) bond motifs is 1. The number of aromatic amines is 1. The predicted octanol–water partition coefficient (Wildman–Crippen LogP) is 3.87. The number of nitrogens with one attached hydrogen (secondary N) is 4. The summed E-state index contributed by atoms with van der Waals surface area (Å²) in [6.07, 6.45) is 9.56. The lowest BCUT2D eigenvalue weighted by atomic mass is 9.91. The average Bonchev–Trinajstić information content (AvgIpc) is 3.46. The summed E-state index contributed by atoms with van der Waals surface area (Å²) in [4.78, 5) is 24.9. The molecule has 1 saturated carbocycles. The van der Waals surface area contributed by atoms with E-state index >= 15 is 0 Å². The number of para-hydroxylation sites is 1. The van der Waals surface area contributed by atoms with E-state index in [0.717, 1.165) is 61.5 Å². The Labute approximate surface area is 186 Å². The normalized spacial score (nSPS) is 23.7. The first kappa shape index (κ1) is 20.3. The number of rotatable bonds is 5. The lowest BCUT2D eigenvalue weighted by Crippen LogP contribution is -2.48. The second-order valence-corrected chi connectivity index (χ2v) is 8.91. The molecule has 3 heterocycles. The van der Waals surface area contributed by atoms with Gasteiger partial charge in [-0.25, -0.2) is 9.97 Å². The molecule has 1 aromatic carbocycles. The first-order valence-corrected chi connectivity index (χ1v) is 11.4. The van der Waals surface area contributed by atoms with Crippen LogP contribution < -0.4 is 16.0 Å². The van der Waals surface area contributed by atoms with Gasteiger partial charge in [-0.15, -0.1) is 0 Å².